The van der Waals surface area contributed by atoms with Gasteiger partial charge in [0.15, 0.2) is 5.11 Å². The van der Waals surface area contributed by atoms with Crippen molar-refractivity contribution in [3.8, 4) is 0 Å². The highest BCUT2D eigenvalue weighted by molar-refractivity contribution is 7.80. The number of carbonyl (C=O) groups excluding carboxylic acids is 1. The van der Waals surface area contributed by atoms with Gasteiger partial charge in [0.25, 0.3) is 0 Å². The minimum absolute atomic E-state index is 0.0994. The Morgan fingerprint density at radius 2 is 2.19 bits per heavy atom. The highest BCUT2D eigenvalue weighted by Crippen LogP contribution is 2.13. The summed E-state index contributed by atoms with van der Waals surface area (Å²) < 4.78 is 5.03. The summed E-state index contributed by atoms with van der Waals surface area (Å²) in [6, 6.07) is -0.618. The van der Waals surface area contributed by atoms with Crippen LogP contribution in [0.1, 0.15) is 6.92 Å². The molecule has 1 amide bonds. The highest BCUT2D eigenvalue weighted by Gasteiger charge is 2.35. The number of thiocarbonyl (C=S) groups is 1. The van der Waals surface area contributed by atoms with E-state index in [0.29, 0.717) is 18.8 Å². The van der Waals surface area contributed by atoms with E-state index in [2.05, 4.69) is 15.6 Å². The molecule has 1 aliphatic rings. The number of amides is 1. The molecule has 0 saturated heterocycles. The van der Waals surface area contributed by atoms with Crippen molar-refractivity contribution in [2.24, 2.45) is 10.9 Å². The predicted molar refractivity (Wildman–Crippen MR) is 81.7 cm³/mol. The Morgan fingerprint density at radius 1 is 1.52 bits per heavy atom. The van der Waals surface area contributed by atoms with Crippen molar-refractivity contribution in [1.29, 1.82) is 0 Å². The van der Waals surface area contributed by atoms with E-state index >= 15 is 0 Å². The smallest absolute Gasteiger partial charge is 0.407 e. The van der Waals surface area contributed by atoms with Crippen molar-refractivity contribution in [2.75, 3.05) is 33.8 Å². The number of nitrogens with zero attached hydrogens (tertiary/aromatic N) is 2. The fourth-order valence-electron chi connectivity index (χ4n) is 1.88. The minimum atomic E-state index is -1.03. The van der Waals surface area contributed by atoms with Gasteiger partial charge < -0.3 is 25.4 Å². The number of aliphatic imine (C=N–C) groups is 1. The molecule has 3 N–H and O–H groups in total. The van der Waals surface area contributed by atoms with Crippen LogP contribution in [0, 0.1) is 5.92 Å². The lowest BCUT2D eigenvalue weighted by Crippen LogP contribution is -2.52. The topological polar surface area (TPSA) is 103 Å². The van der Waals surface area contributed by atoms with Crippen LogP contribution >= 0.6 is 12.2 Å². The van der Waals surface area contributed by atoms with Gasteiger partial charge in [-0.25, -0.2) is 9.79 Å². The summed E-state index contributed by atoms with van der Waals surface area (Å²) in [6.07, 6.45) is -0.589. The van der Waals surface area contributed by atoms with E-state index in [1.165, 1.54) is 0 Å². The summed E-state index contributed by atoms with van der Waals surface area (Å²) in [5.41, 5.74) is 0.396. The third-order valence-corrected chi connectivity index (χ3v) is 3.14. The standard InChI is InChI=1S/C12H20N4O4S/c1-7-9(10(17)18)8(15-11(21)14-7)6-20-12(19)13-4-5-16(2)3/h8-9H,4-6H2,1-3H3,(H,13,19)(H,15,21)(H,17,18). The van der Waals surface area contributed by atoms with E-state index in [4.69, 9.17) is 17.0 Å². The Bertz CT molecular complexity index is 453. The van der Waals surface area contributed by atoms with Gasteiger partial charge in [0.2, 0.25) is 0 Å². The second-order valence-corrected chi connectivity index (χ2v) is 5.34. The molecule has 0 bridgehead atoms. The average Bonchev–Trinajstić information content (AvgIpc) is 2.34. The molecular weight excluding hydrogens is 296 g/mol. The molecule has 1 rings (SSSR count). The third-order valence-electron chi connectivity index (χ3n) is 2.93. The number of hydrogen-bond donors (Lipinski definition) is 3. The molecule has 0 saturated carbocycles. The molecule has 1 aliphatic heterocycles. The Labute approximate surface area is 128 Å². The van der Waals surface area contributed by atoms with Crippen molar-refractivity contribution in [3.05, 3.63) is 0 Å². The second kappa shape index (κ2) is 7.89. The number of nitrogens with one attached hydrogen (secondary N) is 2. The first kappa shape index (κ1) is 17.3. The van der Waals surface area contributed by atoms with E-state index in [-0.39, 0.29) is 11.7 Å². The van der Waals surface area contributed by atoms with Crippen molar-refractivity contribution in [3.63, 3.8) is 0 Å². The van der Waals surface area contributed by atoms with Crippen molar-refractivity contribution in [1.82, 2.24) is 15.5 Å². The molecular formula is C12H20N4O4S. The largest absolute Gasteiger partial charge is 0.481 e. The number of hydrogen-bond acceptors (Lipinski definition) is 5. The van der Waals surface area contributed by atoms with Crippen LogP contribution in [0.4, 0.5) is 4.79 Å². The summed E-state index contributed by atoms with van der Waals surface area (Å²) in [7, 11) is 3.78. The van der Waals surface area contributed by atoms with Crippen molar-refractivity contribution < 1.29 is 19.4 Å². The fourth-order valence-corrected chi connectivity index (χ4v) is 2.18. The number of likely N-dealkylation sites (N-methyl/N-ethyl adjacent to an activating group) is 1. The Kier molecular flexibility index (Phi) is 6.50. The van der Waals surface area contributed by atoms with Crippen LogP contribution < -0.4 is 10.6 Å². The first-order chi connectivity index (χ1) is 9.81. The van der Waals surface area contributed by atoms with Crippen molar-refractivity contribution in [2.45, 2.75) is 13.0 Å². The molecule has 0 aromatic carbocycles. The number of ether oxygens (including phenoxy) is 1. The van der Waals surface area contributed by atoms with Gasteiger partial charge in [0, 0.05) is 18.8 Å². The SMILES string of the molecule is CC1=NC(=S)NC(COC(=O)NCCN(C)C)C1C(=O)O. The maximum Gasteiger partial charge on any atom is 0.407 e. The number of carbonyl (C=O) groups is 2. The van der Waals surface area contributed by atoms with Crippen LogP contribution in [0.25, 0.3) is 0 Å². The molecule has 2 atom stereocenters. The van der Waals surface area contributed by atoms with Crippen LogP contribution in [0.15, 0.2) is 4.99 Å². The van der Waals surface area contributed by atoms with E-state index in [9.17, 15) is 14.7 Å². The third kappa shape index (κ3) is 5.64. The lowest BCUT2D eigenvalue weighted by Gasteiger charge is -2.28. The van der Waals surface area contributed by atoms with Gasteiger partial charge in [0.1, 0.15) is 12.5 Å². The summed E-state index contributed by atoms with van der Waals surface area (Å²) >= 11 is 4.92. The molecule has 0 radical (unpaired) electrons. The normalized spacial score (nSPS) is 21.5. The van der Waals surface area contributed by atoms with Gasteiger partial charge in [-0.2, -0.15) is 0 Å². The fraction of sp³-hybridized carbons (Fsp3) is 0.667. The molecule has 0 spiro atoms. The van der Waals surface area contributed by atoms with Crippen LogP contribution in [0.3, 0.4) is 0 Å². The Hall–Kier alpha value is -1.74. The average molecular weight is 316 g/mol. The predicted octanol–water partition coefficient (Wildman–Crippen LogP) is -0.307. The number of carboxylic acid groups (broad SMARTS) is 1. The van der Waals surface area contributed by atoms with E-state index in [1.54, 1.807) is 6.92 Å². The van der Waals surface area contributed by atoms with Gasteiger partial charge in [0.05, 0.1) is 6.04 Å². The van der Waals surface area contributed by atoms with Gasteiger partial charge in [-0.05, 0) is 33.2 Å². The van der Waals surface area contributed by atoms with Crippen molar-refractivity contribution >= 4 is 35.1 Å². The molecule has 1 heterocycles. The second-order valence-electron chi connectivity index (χ2n) is 4.95. The van der Waals surface area contributed by atoms with Gasteiger partial charge in [-0.15, -0.1) is 0 Å². The number of alkyl carbamates (subject to hydrolysis) is 1. The monoisotopic (exact) mass is 316 g/mol. The summed E-state index contributed by atoms with van der Waals surface area (Å²) in [6.45, 7) is 2.63. The van der Waals surface area contributed by atoms with Crippen LogP contribution in [0.5, 0.6) is 0 Å². The summed E-state index contributed by atoms with van der Waals surface area (Å²) in [5, 5.41) is 14.7. The van der Waals surface area contributed by atoms with Gasteiger partial charge >= 0.3 is 12.1 Å². The van der Waals surface area contributed by atoms with Crippen LogP contribution in [0.2, 0.25) is 0 Å². The maximum atomic E-state index is 11.5. The summed E-state index contributed by atoms with van der Waals surface area (Å²) in [4.78, 5) is 28.6. The van der Waals surface area contributed by atoms with E-state index in [1.807, 2.05) is 19.0 Å². The lowest BCUT2D eigenvalue weighted by atomic mass is 9.94. The number of rotatable bonds is 6. The van der Waals surface area contributed by atoms with Crippen LogP contribution in [-0.4, -0.2) is 72.7 Å². The molecule has 2 unspecified atom stereocenters. The zero-order valence-corrected chi connectivity index (χ0v) is 13.1. The number of carboxylic acids is 1. The quantitative estimate of drug-likeness (QED) is 0.578. The highest BCUT2D eigenvalue weighted by atomic mass is 32.1. The lowest BCUT2D eigenvalue weighted by molar-refractivity contribution is -0.140. The molecule has 21 heavy (non-hydrogen) atoms. The molecule has 8 nitrogen and oxygen atoms in total. The Morgan fingerprint density at radius 3 is 2.76 bits per heavy atom. The van der Waals surface area contributed by atoms with E-state index < -0.39 is 24.0 Å². The Balaban J connectivity index is 2.49. The maximum absolute atomic E-state index is 11.5. The summed E-state index contributed by atoms with van der Waals surface area (Å²) in [5.74, 6) is -1.90. The molecule has 0 fully saturated rings. The number of aliphatic carboxylic acids is 1. The zero-order valence-electron chi connectivity index (χ0n) is 12.3. The molecule has 0 aromatic heterocycles. The van der Waals surface area contributed by atoms with Gasteiger partial charge in [-0.1, -0.05) is 0 Å². The molecule has 0 aliphatic carbocycles. The van der Waals surface area contributed by atoms with E-state index in [0.717, 1.165) is 0 Å². The minimum Gasteiger partial charge on any atom is -0.481 e. The first-order valence-corrected chi connectivity index (χ1v) is 6.86. The zero-order chi connectivity index (χ0) is 16.0. The molecule has 0 aromatic rings. The molecule has 9 heteroatoms. The molecule has 118 valence electrons. The van der Waals surface area contributed by atoms with Gasteiger partial charge in [-0.3, -0.25) is 4.79 Å². The first-order valence-electron chi connectivity index (χ1n) is 6.45. The van der Waals surface area contributed by atoms with Crippen LogP contribution in [-0.2, 0) is 9.53 Å².